The molecule has 0 spiro atoms. The fourth-order valence-corrected chi connectivity index (χ4v) is 4.70. The SMILES string of the molecule is O=C1OC2CCC[C@H](N3Cc4ccccc4C3=O)C(=O)N2C1Cc1ccccc1. The molecule has 0 N–H and O–H groups in total. The number of esters is 1. The van der Waals surface area contributed by atoms with Crippen LogP contribution in [0.3, 0.4) is 0 Å². The van der Waals surface area contributed by atoms with Gasteiger partial charge in [0.1, 0.15) is 12.1 Å². The number of hydrogen-bond acceptors (Lipinski definition) is 4. The lowest BCUT2D eigenvalue weighted by atomic mass is 10.0. The van der Waals surface area contributed by atoms with Gasteiger partial charge in [-0.3, -0.25) is 14.5 Å². The Labute approximate surface area is 169 Å². The van der Waals surface area contributed by atoms with E-state index in [-0.39, 0.29) is 17.8 Å². The Kier molecular flexibility index (Phi) is 4.34. The minimum Gasteiger partial charge on any atom is -0.440 e. The lowest BCUT2D eigenvalue weighted by molar-refractivity contribution is -0.144. The summed E-state index contributed by atoms with van der Waals surface area (Å²) >= 11 is 0. The molecule has 2 fully saturated rings. The number of amides is 2. The monoisotopic (exact) mass is 390 g/mol. The summed E-state index contributed by atoms with van der Waals surface area (Å²) in [4.78, 5) is 42.3. The highest BCUT2D eigenvalue weighted by atomic mass is 16.6. The maximum Gasteiger partial charge on any atom is 0.331 e. The average Bonchev–Trinajstić information content (AvgIpc) is 3.17. The van der Waals surface area contributed by atoms with E-state index in [0.29, 0.717) is 31.4 Å². The summed E-state index contributed by atoms with van der Waals surface area (Å²) in [5.74, 6) is -0.646. The molecule has 29 heavy (non-hydrogen) atoms. The van der Waals surface area contributed by atoms with E-state index in [1.165, 1.54) is 0 Å². The van der Waals surface area contributed by atoms with Crippen LogP contribution >= 0.6 is 0 Å². The Balaban J connectivity index is 1.43. The highest BCUT2D eigenvalue weighted by molar-refractivity contribution is 6.01. The second-order valence-electron chi connectivity index (χ2n) is 7.88. The first-order chi connectivity index (χ1) is 14.1. The summed E-state index contributed by atoms with van der Waals surface area (Å²) in [5, 5.41) is 0. The fraction of sp³-hybridized carbons (Fsp3) is 0.348. The van der Waals surface area contributed by atoms with Crippen LogP contribution in [-0.4, -0.2) is 45.9 Å². The second-order valence-corrected chi connectivity index (χ2v) is 7.88. The maximum atomic E-state index is 13.6. The van der Waals surface area contributed by atoms with Gasteiger partial charge in [-0.05, 0) is 30.0 Å². The Morgan fingerprint density at radius 1 is 0.931 bits per heavy atom. The molecule has 0 aliphatic carbocycles. The van der Waals surface area contributed by atoms with Crippen molar-refractivity contribution < 1.29 is 19.1 Å². The third kappa shape index (κ3) is 2.99. The van der Waals surface area contributed by atoms with Gasteiger partial charge in [0, 0.05) is 24.9 Å². The molecule has 0 aromatic heterocycles. The van der Waals surface area contributed by atoms with Crippen LogP contribution < -0.4 is 0 Å². The summed E-state index contributed by atoms with van der Waals surface area (Å²) in [6.45, 7) is 0.433. The summed E-state index contributed by atoms with van der Waals surface area (Å²) in [7, 11) is 0. The Bertz CT molecular complexity index is 974. The van der Waals surface area contributed by atoms with Gasteiger partial charge in [-0.1, -0.05) is 48.5 Å². The first kappa shape index (κ1) is 17.9. The van der Waals surface area contributed by atoms with Crippen LogP contribution in [0.25, 0.3) is 0 Å². The number of ether oxygens (including phenoxy) is 1. The molecular weight excluding hydrogens is 368 g/mol. The van der Waals surface area contributed by atoms with Gasteiger partial charge in [0.2, 0.25) is 5.91 Å². The molecule has 2 aromatic rings. The molecule has 0 bridgehead atoms. The molecule has 0 radical (unpaired) electrons. The summed E-state index contributed by atoms with van der Waals surface area (Å²) in [5.41, 5.74) is 2.59. The molecule has 5 rings (SSSR count). The number of hydrogen-bond donors (Lipinski definition) is 0. The van der Waals surface area contributed by atoms with Crippen molar-refractivity contribution in [2.75, 3.05) is 0 Å². The van der Waals surface area contributed by atoms with Crippen molar-refractivity contribution in [1.29, 1.82) is 0 Å². The van der Waals surface area contributed by atoms with E-state index < -0.39 is 18.3 Å². The van der Waals surface area contributed by atoms with Crippen molar-refractivity contribution >= 4 is 17.8 Å². The molecule has 2 unspecified atom stereocenters. The summed E-state index contributed by atoms with van der Waals surface area (Å²) in [6.07, 6.45) is 1.80. The molecule has 148 valence electrons. The molecule has 3 heterocycles. The molecule has 6 nitrogen and oxygen atoms in total. The third-order valence-corrected chi connectivity index (χ3v) is 6.14. The van der Waals surface area contributed by atoms with Crippen LogP contribution in [-0.2, 0) is 27.3 Å². The zero-order chi connectivity index (χ0) is 20.0. The van der Waals surface area contributed by atoms with Gasteiger partial charge in [-0.25, -0.2) is 4.79 Å². The molecule has 3 aliphatic rings. The minimum absolute atomic E-state index is 0.108. The van der Waals surface area contributed by atoms with Crippen LogP contribution in [0.2, 0.25) is 0 Å². The Morgan fingerprint density at radius 2 is 1.69 bits per heavy atom. The predicted octanol–water partition coefficient (Wildman–Crippen LogP) is 2.52. The molecule has 0 saturated carbocycles. The zero-order valence-corrected chi connectivity index (χ0v) is 16.0. The van der Waals surface area contributed by atoms with E-state index >= 15 is 0 Å². The zero-order valence-electron chi connectivity index (χ0n) is 16.0. The van der Waals surface area contributed by atoms with E-state index in [2.05, 4.69) is 0 Å². The van der Waals surface area contributed by atoms with E-state index in [1.807, 2.05) is 54.6 Å². The molecule has 3 atom stereocenters. The average molecular weight is 390 g/mol. The highest BCUT2D eigenvalue weighted by Gasteiger charge is 2.50. The first-order valence-electron chi connectivity index (χ1n) is 10.1. The van der Waals surface area contributed by atoms with Crippen molar-refractivity contribution in [3.8, 4) is 0 Å². The van der Waals surface area contributed by atoms with Crippen molar-refractivity contribution in [1.82, 2.24) is 9.80 Å². The van der Waals surface area contributed by atoms with Crippen molar-refractivity contribution in [3.05, 3.63) is 71.3 Å². The van der Waals surface area contributed by atoms with Crippen LogP contribution in [0.15, 0.2) is 54.6 Å². The molecule has 3 aliphatic heterocycles. The number of nitrogens with zero attached hydrogens (tertiary/aromatic N) is 2. The molecule has 6 heteroatoms. The van der Waals surface area contributed by atoms with Gasteiger partial charge in [0.15, 0.2) is 6.23 Å². The fourth-order valence-electron chi connectivity index (χ4n) is 4.70. The van der Waals surface area contributed by atoms with Gasteiger partial charge in [-0.15, -0.1) is 0 Å². The van der Waals surface area contributed by atoms with Gasteiger partial charge in [0.05, 0.1) is 0 Å². The Hall–Kier alpha value is -3.15. The molecule has 2 aromatic carbocycles. The topological polar surface area (TPSA) is 66.9 Å². The lowest BCUT2D eigenvalue weighted by Gasteiger charge is -2.31. The predicted molar refractivity (Wildman–Crippen MR) is 105 cm³/mol. The van der Waals surface area contributed by atoms with Crippen molar-refractivity contribution in [2.45, 2.75) is 50.5 Å². The first-order valence-corrected chi connectivity index (χ1v) is 10.1. The van der Waals surface area contributed by atoms with E-state index in [9.17, 15) is 14.4 Å². The van der Waals surface area contributed by atoms with Gasteiger partial charge < -0.3 is 9.64 Å². The van der Waals surface area contributed by atoms with Gasteiger partial charge in [-0.2, -0.15) is 0 Å². The minimum atomic E-state index is -0.643. The smallest absolute Gasteiger partial charge is 0.331 e. The van der Waals surface area contributed by atoms with Gasteiger partial charge >= 0.3 is 5.97 Å². The van der Waals surface area contributed by atoms with Gasteiger partial charge in [0.25, 0.3) is 5.91 Å². The van der Waals surface area contributed by atoms with Crippen molar-refractivity contribution in [3.63, 3.8) is 0 Å². The van der Waals surface area contributed by atoms with Crippen LogP contribution in [0, 0.1) is 0 Å². The maximum absolute atomic E-state index is 13.6. The van der Waals surface area contributed by atoms with E-state index in [0.717, 1.165) is 17.5 Å². The third-order valence-electron chi connectivity index (χ3n) is 6.14. The Morgan fingerprint density at radius 3 is 2.48 bits per heavy atom. The van der Waals surface area contributed by atoms with E-state index in [1.54, 1.807) is 9.80 Å². The van der Waals surface area contributed by atoms with E-state index in [4.69, 9.17) is 4.74 Å². The standard InChI is InChI=1S/C23H22N2O4/c26-21-17-10-5-4-9-16(17)14-24(21)18-11-6-12-20-25(22(18)27)19(23(28)29-20)13-15-7-2-1-3-8-15/h1-5,7-10,18-20H,6,11-14H2/t18-,19?,20?/m0/s1. The van der Waals surface area contributed by atoms with Crippen LogP contribution in [0.1, 0.15) is 40.7 Å². The van der Waals surface area contributed by atoms with Crippen LogP contribution in [0.4, 0.5) is 0 Å². The highest BCUT2D eigenvalue weighted by Crippen LogP contribution is 2.34. The van der Waals surface area contributed by atoms with Crippen molar-refractivity contribution in [2.24, 2.45) is 0 Å². The summed E-state index contributed by atoms with van der Waals surface area (Å²) < 4.78 is 5.56. The number of carbonyl (C=O) groups is 3. The summed E-state index contributed by atoms with van der Waals surface area (Å²) in [6, 6.07) is 15.9. The quantitative estimate of drug-likeness (QED) is 0.756. The molecule has 2 amide bonds. The molecule has 2 saturated heterocycles. The largest absolute Gasteiger partial charge is 0.440 e. The number of fused-ring (bicyclic) bond motifs is 2. The van der Waals surface area contributed by atoms with Crippen LogP contribution in [0.5, 0.6) is 0 Å². The number of carbonyl (C=O) groups excluding carboxylic acids is 3. The lowest BCUT2D eigenvalue weighted by Crippen LogP contribution is -2.52. The molecular formula is C23H22N2O4. The number of benzene rings is 2. The number of rotatable bonds is 3. The second kappa shape index (κ2) is 7.03. The normalized spacial score (nSPS) is 26.2.